The second-order valence-corrected chi connectivity index (χ2v) is 4.21. The van der Waals surface area contributed by atoms with Gasteiger partial charge in [0.15, 0.2) is 0 Å². The van der Waals surface area contributed by atoms with E-state index in [1.807, 2.05) is 0 Å². The van der Waals surface area contributed by atoms with E-state index in [-0.39, 0.29) is 0 Å². The maximum Gasteiger partial charge on any atom is 0.00217 e. The minimum atomic E-state index is 1.15. The predicted octanol–water partition coefficient (Wildman–Crippen LogP) is 3.19. The van der Waals surface area contributed by atoms with Crippen LogP contribution in [0.3, 0.4) is 0 Å². The number of aryl methyl sites for hydroxylation is 2. The number of likely N-dealkylation sites (N-methyl/N-ethyl adjacent to an activating group) is 1. The van der Waals surface area contributed by atoms with E-state index in [1.165, 1.54) is 29.7 Å². The molecule has 84 valence electrons. The van der Waals surface area contributed by atoms with Crippen LogP contribution in [0.4, 0.5) is 0 Å². The zero-order valence-corrected chi connectivity index (χ0v) is 10.5. The van der Waals surface area contributed by atoms with Crippen molar-refractivity contribution in [1.29, 1.82) is 0 Å². The molecule has 0 heterocycles. The summed E-state index contributed by atoms with van der Waals surface area (Å²) in [7, 11) is 0. The lowest BCUT2D eigenvalue weighted by atomic mass is 10.0. The van der Waals surface area contributed by atoms with Crippen LogP contribution in [0.2, 0.25) is 0 Å². The third-order valence-electron chi connectivity index (χ3n) is 3.10. The van der Waals surface area contributed by atoms with Gasteiger partial charge in [0.25, 0.3) is 0 Å². The molecule has 0 aliphatic heterocycles. The van der Waals surface area contributed by atoms with Crippen LogP contribution in [0.25, 0.3) is 0 Å². The zero-order chi connectivity index (χ0) is 11.3. The lowest BCUT2D eigenvalue weighted by Gasteiger charge is -2.18. The van der Waals surface area contributed by atoms with Crippen molar-refractivity contribution in [3.05, 3.63) is 34.9 Å². The van der Waals surface area contributed by atoms with Gasteiger partial charge in [-0.1, -0.05) is 37.6 Å². The Morgan fingerprint density at radius 2 is 1.73 bits per heavy atom. The van der Waals surface area contributed by atoms with E-state index in [1.54, 1.807) is 0 Å². The molecule has 0 saturated carbocycles. The molecule has 0 unspecified atom stereocenters. The zero-order valence-electron chi connectivity index (χ0n) is 10.5. The molecule has 0 radical (unpaired) electrons. The number of rotatable bonds is 5. The Morgan fingerprint density at radius 3 is 2.33 bits per heavy atom. The van der Waals surface area contributed by atoms with E-state index in [0.717, 1.165) is 13.1 Å². The largest absolute Gasteiger partial charge is 0.304 e. The van der Waals surface area contributed by atoms with E-state index < -0.39 is 0 Å². The molecule has 0 aliphatic carbocycles. The molecule has 0 saturated heterocycles. The molecule has 1 heteroatoms. The van der Waals surface area contributed by atoms with Gasteiger partial charge < -0.3 is 4.90 Å². The number of hydrogen-bond acceptors (Lipinski definition) is 1. The summed E-state index contributed by atoms with van der Waals surface area (Å²) in [4.78, 5) is 2.47. The second kappa shape index (κ2) is 5.92. The van der Waals surface area contributed by atoms with Gasteiger partial charge in [-0.15, -0.1) is 0 Å². The van der Waals surface area contributed by atoms with Crippen molar-refractivity contribution in [2.45, 2.75) is 34.1 Å². The highest BCUT2D eigenvalue weighted by Crippen LogP contribution is 2.11. The molecule has 0 N–H and O–H groups in total. The fraction of sp³-hybridized carbons (Fsp3) is 0.571. The van der Waals surface area contributed by atoms with E-state index in [9.17, 15) is 0 Å². The van der Waals surface area contributed by atoms with E-state index in [0.29, 0.717) is 0 Å². The summed E-state index contributed by atoms with van der Waals surface area (Å²) in [6, 6.07) is 6.74. The van der Waals surface area contributed by atoms with Gasteiger partial charge in [-0.3, -0.25) is 0 Å². The molecule has 0 aromatic heterocycles. The topological polar surface area (TPSA) is 3.24 Å². The molecule has 0 fully saturated rings. The maximum absolute atomic E-state index is 2.47. The smallest absolute Gasteiger partial charge is 0.00217 e. The molecule has 1 rings (SSSR count). The summed E-state index contributed by atoms with van der Waals surface area (Å²) >= 11 is 0. The highest BCUT2D eigenvalue weighted by Gasteiger charge is 2.02. The Morgan fingerprint density at radius 1 is 1.07 bits per heavy atom. The SMILES string of the molecule is CCN(CC)CCc1cc(C)ccc1C. The molecule has 0 aliphatic rings. The minimum Gasteiger partial charge on any atom is -0.304 e. The standard InChI is InChI=1S/C14H23N/c1-5-15(6-2)10-9-14-11-12(3)7-8-13(14)4/h7-8,11H,5-6,9-10H2,1-4H3. The lowest BCUT2D eigenvalue weighted by Crippen LogP contribution is -2.25. The van der Waals surface area contributed by atoms with Crippen LogP contribution in [0, 0.1) is 13.8 Å². The highest BCUT2D eigenvalue weighted by molar-refractivity contribution is 5.30. The minimum absolute atomic E-state index is 1.15. The van der Waals surface area contributed by atoms with Crippen LogP contribution >= 0.6 is 0 Å². The predicted molar refractivity (Wildman–Crippen MR) is 67.4 cm³/mol. The lowest BCUT2D eigenvalue weighted by molar-refractivity contribution is 0.308. The van der Waals surface area contributed by atoms with Crippen LogP contribution in [0.5, 0.6) is 0 Å². The Labute approximate surface area is 94.1 Å². The summed E-state index contributed by atoms with van der Waals surface area (Å²) in [6.07, 6.45) is 1.18. The maximum atomic E-state index is 2.47. The second-order valence-electron chi connectivity index (χ2n) is 4.21. The van der Waals surface area contributed by atoms with Crippen LogP contribution in [0.1, 0.15) is 30.5 Å². The molecule has 0 bridgehead atoms. The molecule has 1 nitrogen and oxygen atoms in total. The molecule has 0 amide bonds. The van der Waals surface area contributed by atoms with Gasteiger partial charge >= 0.3 is 0 Å². The average molecular weight is 205 g/mol. The Balaban J connectivity index is 2.60. The van der Waals surface area contributed by atoms with Crippen molar-refractivity contribution in [3.8, 4) is 0 Å². The number of hydrogen-bond donors (Lipinski definition) is 0. The van der Waals surface area contributed by atoms with Gasteiger partial charge in [0.2, 0.25) is 0 Å². The van der Waals surface area contributed by atoms with E-state index in [2.05, 4.69) is 50.8 Å². The summed E-state index contributed by atoms with van der Waals surface area (Å²) in [6.45, 7) is 12.3. The molecular formula is C14H23N. The average Bonchev–Trinajstić information content (AvgIpc) is 2.24. The summed E-state index contributed by atoms with van der Waals surface area (Å²) in [5, 5.41) is 0. The van der Waals surface area contributed by atoms with Crippen molar-refractivity contribution < 1.29 is 0 Å². The molecule has 15 heavy (non-hydrogen) atoms. The van der Waals surface area contributed by atoms with Gasteiger partial charge in [-0.25, -0.2) is 0 Å². The monoisotopic (exact) mass is 205 g/mol. The first kappa shape index (κ1) is 12.3. The first-order valence-electron chi connectivity index (χ1n) is 5.95. The number of nitrogens with zero attached hydrogens (tertiary/aromatic N) is 1. The van der Waals surface area contributed by atoms with Gasteiger partial charge in [0, 0.05) is 6.54 Å². The van der Waals surface area contributed by atoms with E-state index >= 15 is 0 Å². The first-order valence-corrected chi connectivity index (χ1v) is 5.95. The normalized spacial score (nSPS) is 11.0. The quantitative estimate of drug-likeness (QED) is 0.713. The Bertz CT molecular complexity index is 300. The Hall–Kier alpha value is -0.820. The molecule has 1 aromatic rings. The summed E-state index contributed by atoms with van der Waals surface area (Å²) in [5.41, 5.74) is 4.30. The van der Waals surface area contributed by atoms with Gasteiger partial charge in [-0.05, 0) is 44.5 Å². The van der Waals surface area contributed by atoms with Gasteiger partial charge in [0.05, 0.1) is 0 Å². The van der Waals surface area contributed by atoms with Crippen molar-refractivity contribution in [2.75, 3.05) is 19.6 Å². The molecule has 0 atom stereocenters. The van der Waals surface area contributed by atoms with Gasteiger partial charge in [-0.2, -0.15) is 0 Å². The molecular weight excluding hydrogens is 182 g/mol. The van der Waals surface area contributed by atoms with Crippen molar-refractivity contribution in [3.63, 3.8) is 0 Å². The van der Waals surface area contributed by atoms with Crippen LogP contribution in [-0.2, 0) is 6.42 Å². The number of benzene rings is 1. The Kier molecular flexibility index (Phi) is 4.83. The van der Waals surface area contributed by atoms with E-state index in [4.69, 9.17) is 0 Å². The molecule has 1 aromatic carbocycles. The fourth-order valence-corrected chi connectivity index (χ4v) is 1.89. The van der Waals surface area contributed by atoms with Crippen LogP contribution in [0.15, 0.2) is 18.2 Å². The van der Waals surface area contributed by atoms with Crippen LogP contribution < -0.4 is 0 Å². The highest BCUT2D eigenvalue weighted by atomic mass is 15.1. The third-order valence-corrected chi connectivity index (χ3v) is 3.10. The summed E-state index contributed by atoms with van der Waals surface area (Å²) < 4.78 is 0. The van der Waals surface area contributed by atoms with Crippen molar-refractivity contribution in [1.82, 2.24) is 4.90 Å². The third kappa shape index (κ3) is 3.67. The fourth-order valence-electron chi connectivity index (χ4n) is 1.89. The van der Waals surface area contributed by atoms with Crippen LogP contribution in [-0.4, -0.2) is 24.5 Å². The van der Waals surface area contributed by atoms with Gasteiger partial charge in [0.1, 0.15) is 0 Å². The summed E-state index contributed by atoms with van der Waals surface area (Å²) in [5.74, 6) is 0. The first-order chi connectivity index (χ1) is 7.17. The molecule has 0 spiro atoms. The van der Waals surface area contributed by atoms with Crippen molar-refractivity contribution >= 4 is 0 Å². The van der Waals surface area contributed by atoms with Crippen molar-refractivity contribution in [2.24, 2.45) is 0 Å².